The third-order valence-electron chi connectivity index (χ3n) is 3.15. The minimum Gasteiger partial charge on any atom is -0.496 e. The largest absolute Gasteiger partial charge is 0.496 e. The van der Waals surface area contributed by atoms with Gasteiger partial charge in [-0.1, -0.05) is 12.1 Å². The lowest BCUT2D eigenvalue weighted by Gasteiger charge is -2.14. The van der Waals surface area contributed by atoms with Gasteiger partial charge < -0.3 is 15.8 Å². The van der Waals surface area contributed by atoms with E-state index in [9.17, 15) is 4.79 Å². The number of benzene rings is 1. The molecule has 1 amide bonds. The second-order valence-electron chi connectivity index (χ2n) is 4.23. The first-order chi connectivity index (χ1) is 8.26. The van der Waals surface area contributed by atoms with E-state index in [-0.39, 0.29) is 11.9 Å². The molecule has 1 unspecified atom stereocenters. The van der Waals surface area contributed by atoms with E-state index in [1.54, 1.807) is 7.11 Å². The van der Waals surface area contributed by atoms with Crippen LogP contribution < -0.4 is 15.8 Å². The molecule has 0 saturated carbocycles. The van der Waals surface area contributed by atoms with Crippen LogP contribution in [-0.2, 0) is 11.2 Å². The second-order valence-corrected chi connectivity index (χ2v) is 4.23. The van der Waals surface area contributed by atoms with Crippen molar-refractivity contribution in [3.05, 3.63) is 29.3 Å². The maximum Gasteiger partial charge on any atom is 0.221 e. The third kappa shape index (κ3) is 2.42. The molecular formula is C13H18N2O2. The number of carbonyl (C=O) groups is 1. The van der Waals surface area contributed by atoms with E-state index in [2.05, 4.69) is 11.4 Å². The van der Waals surface area contributed by atoms with Gasteiger partial charge in [0.05, 0.1) is 13.2 Å². The van der Waals surface area contributed by atoms with Crippen molar-refractivity contribution in [3.8, 4) is 5.75 Å². The van der Waals surface area contributed by atoms with Crippen LogP contribution in [0.5, 0.6) is 5.75 Å². The van der Waals surface area contributed by atoms with Crippen LogP contribution in [-0.4, -0.2) is 19.6 Å². The molecule has 2 rings (SSSR count). The standard InChI is InChI=1S/C13H18N2O2/c1-17-12-4-2-3-9-10(12)5-6-11(9)15-13(16)7-8-14/h2-4,11H,5-8,14H2,1H3,(H,15,16). The number of hydrogen-bond acceptors (Lipinski definition) is 3. The van der Waals surface area contributed by atoms with E-state index in [0.717, 1.165) is 18.6 Å². The molecule has 4 heteroatoms. The Morgan fingerprint density at radius 3 is 3.12 bits per heavy atom. The maximum atomic E-state index is 11.5. The summed E-state index contributed by atoms with van der Waals surface area (Å²) >= 11 is 0. The number of nitrogens with one attached hydrogen (secondary N) is 1. The van der Waals surface area contributed by atoms with Crippen LogP contribution in [0.25, 0.3) is 0 Å². The first-order valence-corrected chi connectivity index (χ1v) is 5.91. The van der Waals surface area contributed by atoms with E-state index in [1.165, 1.54) is 11.1 Å². The first kappa shape index (κ1) is 11.9. The number of nitrogens with two attached hydrogens (primary N) is 1. The zero-order chi connectivity index (χ0) is 12.3. The molecule has 1 aromatic rings. The van der Waals surface area contributed by atoms with Crippen LogP contribution in [0.1, 0.15) is 30.0 Å². The van der Waals surface area contributed by atoms with E-state index < -0.39 is 0 Å². The van der Waals surface area contributed by atoms with E-state index in [4.69, 9.17) is 10.5 Å². The second kappa shape index (κ2) is 5.19. The molecule has 92 valence electrons. The van der Waals surface area contributed by atoms with E-state index >= 15 is 0 Å². The van der Waals surface area contributed by atoms with Crippen molar-refractivity contribution < 1.29 is 9.53 Å². The molecule has 0 saturated heterocycles. The summed E-state index contributed by atoms with van der Waals surface area (Å²) in [6.45, 7) is 0.392. The van der Waals surface area contributed by atoms with Crippen LogP contribution in [0.15, 0.2) is 18.2 Å². The Kier molecular flexibility index (Phi) is 3.64. The molecular weight excluding hydrogens is 216 g/mol. The SMILES string of the molecule is COc1cccc2c1CCC2NC(=O)CCN. The fourth-order valence-electron chi connectivity index (χ4n) is 2.36. The quantitative estimate of drug-likeness (QED) is 0.821. The fraction of sp³-hybridized carbons (Fsp3) is 0.462. The average Bonchev–Trinajstić information content (AvgIpc) is 2.73. The molecule has 1 atom stereocenters. The first-order valence-electron chi connectivity index (χ1n) is 5.91. The van der Waals surface area contributed by atoms with Gasteiger partial charge in [0, 0.05) is 13.0 Å². The Bertz CT molecular complexity index is 418. The van der Waals surface area contributed by atoms with Crippen molar-refractivity contribution in [2.24, 2.45) is 5.73 Å². The number of hydrogen-bond donors (Lipinski definition) is 2. The number of amides is 1. The molecule has 0 spiro atoms. The molecule has 1 aromatic carbocycles. The van der Waals surface area contributed by atoms with Crippen molar-refractivity contribution >= 4 is 5.91 Å². The van der Waals surface area contributed by atoms with Gasteiger partial charge in [0.25, 0.3) is 0 Å². The van der Waals surface area contributed by atoms with Gasteiger partial charge >= 0.3 is 0 Å². The van der Waals surface area contributed by atoms with Crippen LogP contribution in [0.4, 0.5) is 0 Å². The van der Waals surface area contributed by atoms with Gasteiger partial charge in [0.2, 0.25) is 5.91 Å². The summed E-state index contributed by atoms with van der Waals surface area (Å²) < 4.78 is 5.33. The third-order valence-corrected chi connectivity index (χ3v) is 3.15. The summed E-state index contributed by atoms with van der Waals surface area (Å²) in [5, 5.41) is 3.01. The molecule has 0 heterocycles. The van der Waals surface area contributed by atoms with Gasteiger partial charge in [-0.05, 0) is 30.0 Å². The molecule has 0 aromatic heterocycles. The van der Waals surface area contributed by atoms with Crippen LogP contribution >= 0.6 is 0 Å². The Balaban J connectivity index is 2.14. The van der Waals surface area contributed by atoms with Crippen LogP contribution in [0, 0.1) is 0 Å². The zero-order valence-electron chi connectivity index (χ0n) is 10.0. The highest BCUT2D eigenvalue weighted by Crippen LogP contribution is 2.36. The van der Waals surface area contributed by atoms with Gasteiger partial charge in [-0.25, -0.2) is 0 Å². The summed E-state index contributed by atoms with van der Waals surface area (Å²) in [7, 11) is 1.68. The predicted octanol–water partition coefficient (Wildman–Crippen LogP) is 1.15. The minimum atomic E-state index is 0.0215. The lowest BCUT2D eigenvalue weighted by molar-refractivity contribution is -0.121. The monoisotopic (exact) mass is 234 g/mol. The van der Waals surface area contributed by atoms with E-state index in [1.807, 2.05) is 12.1 Å². The summed E-state index contributed by atoms with van der Waals surface area (Å²) in [4.78, 5) is 11.5. The molecule has 4 nitrogen and oxygen atoms in total. The van der Waals surface area contributed by atoms with Crippen molar-refractivity contribution in [3.63, 3.8) is 0 Å². The lowest BCUT2D eigenvalue weighted by Crippen LogP contribution is -2.28. The van der Waals surface area contributed by atoms with Crippen molar-refractivity contribution in [2.75, 3.05) is 13.7 Å². The Morgan fingerprint density at radius 2 is 2.41 bits per heavy atom. The average molecular weight is 234 g/mol. The Labute approximate surface area is 101 Å². The van der Waals surface area contributed by atoms with E-state index in [0.29, 0.717) is 13.0 Å². The molecule has 0 fully saturated rings. The molecule has 3 N–H and O–H groups in total. The fourth-order valence-corrected chi connectivity index (χ4v) is 2.36. The van der Waals surface area contributed by atoms with Gasteiger partial charge in [0.15, 0.2) is 0 Å². The lowest BCUT2D eigenvalue weighted by atomic mass is 10.1. The smallest absolute Gasteiger partial charge is 0.221 e. The summed E-state index contributed by atoms with van der Waals surface area (Å²) in [5.41, 5.74) is 7.75. The van der Waals surface area contributed by atoms with Gasteiger partial charge in [-0.15, -0.1) is 0 Å². The topological polar surface area (TPSA) is 64.3 Å². The summed E-state index contributed by atoms with van der Waals surface area (Å²) in [5.74, 6) is 0.936. The van der Waals surface area contributed by atoms with Crippen molar-refractivity contribution in [1.82, 2.24) is 5.32 Å². The minimum absolute atomic E-state index is 0.0215. The summed E-state index contributed by atoms with van der Waals surface area (Å²) in [6, 6.07) is 6.09. The molecule has 0 radical (unpaired) electrons. The maximum absolute atomic E-state index is 11.5. The van der Waals surface area contributed by atoms with Crippen LogP contribution in [0.2, 0.25) is 0 Å². The molecule has 1 aliphatic carbocycles. The Morgan fingerprint density at radius 1 is 1.59 bits per heavy atom. The predicted molar refractivity (Wildman–Crippen MR) is 65.9 cm³/mol. The van der Waals surface area contributed by atoms with Crippen molar-refractivity contribution in [2.45, 2.75) is 25.3 Å². The number of ether oxygens (including phenoxy) is 1. The number of carbonyl (C=O) groups excluding carboxylic acids is 1. The number of fused-ring (bicyclic) bond motifs is 1. The van der Waals surface area contributed by atoms with Gasteiger partial charge in [-0.2, -0.15) is 0 Å². The molecule has 1 aliphatic rings. The zero-order valence-corrected chi connectivity index (χ0v) is 10.0. The normalized spacial score (nSPS) is 17.6. The summed E-state index contributed by atoms with van der Waals surface area (Å²) in [6.07, 6.45) is 2.27. The number of methoxy groups -OCH3 is 1. The van der Waals surface area contributed by atoms with Gasteiger partial charge in [-0.3, -0.25) is 4.79 Å². The highest BCUT2D eigenvalue weighted by molar-refractivity contribution is 5.76. The molecule has 0 aliphatic heterocycles. The molecule has 0 bridgehead atoms. The Hall–Kier alpha value is -1.55. The molecule has 17 heavy (non-hydrogen) atoms. The van der Waals surface area contributed by atoms with Gasteiger partial charge in [0.1, 0.15) is 5.75 Å². The highest BCUT2D eigenvalue weighted by Gasteiger charge is 2.25. The van der Waals surface area contributed by atoms with Crippen molar-refractivity contribution in [1.29, 1.82) is 0 Å². The highest BCUT2D eigenvalue weighted by atomic mass is 16.5. The van der Waals surface area contributed by atoms with Crippen LogP contribution in [0.3, 0.4) is 0 Å². The number of rotatable bonds is 4.